The van der Waals surface area contributed by atoms with Crippen LogP contribution in [0.2, 0.25) is 0 Å². The molecular formula is C15H27NO3. The number of morpholine rings is 1. The van der Waals surface area contributed by atoms with Crippen LogP contribution in [-0.2, 0) is 14.3 Å². The normalized spacial score (nSPS) is 38.6. The van der Waals surface area contributed by atoms with Crippen molar-refractivity contribution in [3.63, 3.8) is 0 Å². The van der Waals surface area contributed by atoms with Crippen molar-refractivity contribution in [2.24, 2.45) is 5.92 Å². The second-order valence-corrected chi connectivity index (χ2v) is 7.11. The molecule has 110 valence electrons. The minimum atomic E-state index is -0.655. The maximum absolute atomic E-state index is 12.5. The van der Waals surface area contributed by atoms with Gasteiger partial charge in [-0.25, -0.2) is 0 Å². The van der Waals surface area contributed by atoms with Gasteiger partial charge in [0.1, 0.15) is 5.60 Å². The van der Waals surface area contributed by atoms with E-state index >= 15 is 0 Å². The quantitative estimate of drug-likeness (QED) is 0.767. The van der Waals surface area contributed by atoms with Gasteiger partial charge in [-0.05, 0) is 41.5 Å². The Labute approximate surface area is 116 Å². The van der Waals surface area contributed by atoms with Crippen LogP contribution in [0.4, 0.5) is 0 Å². The Morgan fingerprint density at radius 3 is 2.11 bits per heavy atom. The predicted octanol–water partition coefficient (Wildman–Crippen LogP) is 1.87. The first-order valence-corrected chi connectivity index (χ1v) is 7.24. The van der Waals surface area contributed by atoms with Gasteiger partial charge in [-0.2, -0.15) is 0 Å². The highest BCUT2D eigenvalue weighted by molar-refractivity contribution is 5.91. The molecule has 19 heavy (non-hydrogen) atoms. The maximum atomic E-state index is 12.5. The van der Waals surface area contributed by atoms with Crippen molar-refractivity contribution < 1.29 is 14.3 Å². The molecule has 0 spiro atoms. The van der Waals surface area contributed by atoms with Crippen LogP contribution in [0.25, 0.3) is 0 Å². The van der Waals surface area contributed by atoms with Crippen molar-refractivity contribution in [2.45, 2.75) is 65.0 Å². The smallest absolute Gasteiger partial charge is 0.171 e. The van der Waals surface area contributed by atoms with E-state index in [0.29, 0.717) is 0 Å². The first kappa shape index (κ1) is 14.9. The molecule has 0 aromatic heterocycles. The van der Waals surface area contributed by atoms with Crippen molar-refractivity contribution in [3.8, 4) is 0 Å². The molecule has 2 saturated heterocycles. The maximum Gasteiger partial charge on any atom is 0.171 e. The summed E-state index contributed by atoms with van der Waals surface area (Å²) in [5.74, 6) is 0.171. The van der Waals surface area contributed by atoms with Crippen molar-refractivity contribution in [1.82, 2.24) is 4.90 Å². The summed E-state index contributed by atoms with van der Waals surface area (Å²) >= 11 is 0. The Balaban J connectivity index is 2.08. The lowest BCUT2D eigenvalue weighted by Gasteiger charge is -2.38. The average molecular weight is 269 g/mol. The van der Waals surface area contributed by atoms with Gasteiger partial charge < -0.3 is 9.47 Å². The number of carbonyl (C=O) groups excluding carboxylic acids is 1. The van der Waals surface area contributed by atoms with E-state index in [2.05, 4.69) is 18.7 Å². The predicted molar refractivity (Wildman–Crippen MR) is 74.2 cm³/mol. The van der Waals surface area contributed by atoms with Crippen LogP contribution < -0.4 is 0 Å². The van der Waals surface area contributed by atoms with Gasteiger partial charge in [0.25, 0.3) is 0 Å². The minimum Gasteiger partial charge on any atom is -0.373 e. The van der Waals surface area contributed by atoms with Gasteiger partial charge in [-0.3, -0.25) is 9.69 Å². The van der Waals surface area contributed by atoms with Crippen LogP contribution in [0.15, 0.2) is 0 Å². The van der Waals surface area contributed by atoms with E-state index in [-0.39, 0.29) is 29.5 Å². The molecule has 4 heteroatoms. The highest BCUT2D eigenvalue weighted by atomic mass is 16.5. The van der Waals surface area contributed by atoms with Crippen LogP contribution in [0.3, 0.4) is 0 Å². The third kappa shape index (κ3) is 3.01. The molecule has 2 aliphatic rings. The first-order valence-electron chi connectivity index (χ1n) is 7.24. The van der Waals surface area contributed by atoms with Crippen LogP contribution in [0.1, 0.15) is 41.5 Å². The van der Waals surface area contributed by atoms with Gasteiger partial charge >= 0.3 is 0 Å². The largest absolute Gasteiger partial charge is 0.373 e. The average Bonchev–Trinajstić information content (AvgIpc) is 2.35. The van der Waals surface area contributed by atoms with Crippen molar-refractivity contribution >= 4 is 5.78 Å². The van der Waals surface area contributed by atoms with Crippen molar-refractivity contribution in [3.05, 3.63) is 0 Å². The summed E-state index contributed by atoms with van der Waals surface area (Å²) < 4.78 is 11.7. The van der Waals surface area contributed by atoms with E-state index in [4.69, 9.17) is 9.47 Å². The lowest BCUT2D eigenvalue weighted by Crippen LogP contribution is -2.50. The van der Waals surface area contributed by atoms with Gasteiger partial charge in [-0.15, -0.1) is 0 Å². The summed E-state index contributed by atoms with van der Waals surface area (Å²) in [6.45, 7) is 14.5. The Morgan fingerprint density at radius 1 is 1.16 bits per heavy atom. The van der Waals surface area contributed by atoms with E-state index in [9.17, 15) is 4.79 Å². The van der Waals surface area contributed by atoms with Crippen LogP contribution in [0, 0.1) is 5.92 Å². The molecular weight excluding hydrogens is 242 g/mol. The number of Topliss-reactive ketones (excluding diaryl/α,β-unsaturated/α-hetero) is 1. The zero-order valence-corrected chi connectivity index (χ0v) is 13.0. The summed E-state index contributed by atoms with van der Waals surface area (Å²) in [6, 6.07) is 0. The third-order valence-corrected chi connectivity index (χ3v) is 4.20. The van der Waals surface area contributed by atoms with Crippen molar-refractivity contribution in [1.29, 1.82) is 0 Å². The number of hydrogen-bond donors (Lipinski definition) is 0. The molecule has 0 N–H and O–H groups in total. The fraction of sp³-hybridized carbons (Fsp3) is 0.933. The fourth-order valence-corrected chi connectivity index (χ4v) is 3.51. The van der Waals surface area contributed by atoms with E-state index in [1.54, 1.807) is 0 Å². The standard InChI is InChI=1S/C15H27NO3/c1-10-7-16(8-11(2)18-10)9-12-13(17)15(5,6)19-14(12,3)4/h10-12H,7-9H2,1-6H3. The van der Waals surface area contributed by atoms with E-state index in [0.717, 1.165) is 19.6 Å². The molecule has 3 atom stereocenters. The Bertz CT molecular complexity index is 354. The fourth-order valence-electron chi connectivity index (χ4n) is 3.51. The number of carbonyl (C=O) groups is 1. The van der Waals surface area contributed by atoms with Gasteiger partial charge in [-0.1, -0.05) is 0 Å². The monoisotopic (exact) mass is 269 g/mol. The summed E-state index contributed by atoms with van der Waals surface area (Å²) in [4.78, 5) is 14.8. The minimum absolute atomic E-state index is 0.0556. The third-order valence-electron chi connectivity index (χ3n) is 4.20. The van der Waals surface area contributed by atoms with Crippen LogP contribution >= 0.6 is 0 Å². The van der Waals surface area contributed by atoms with Gasteiger partial charge in [0.15, 0.2) is 5.78 Å². The number of ether oxygens (including phenoxy) is 2. The SMILES string of the molecule is CC1CN(CC2C(=O)C(C)(C)OC2(C)C)CC(C)O1. The molecule has 0 saturated carbocycles. The van der Waals surface area contributed by atoms with Crippen LogP contribution in [-0.4, -0.2) is 53.7 Å². The summed E-state index contributed by atoms with van der Waals surface area (Å²) in [5, 5.41) is 0. The molecule has 0 amide bonds. The summed E-state index contributed by atoms with van der Waals surface area (Å²) in [6.07, 6.45) is 0.467. The number of rotatable bonds is 2. The molecule has 0 aromatic carbocycles. The van der Waals surface area contributed by atoms with Crippen molar-refractivity contribution in [2.75, 3.05) is 19.6 Å². The zero-order chi connectivity index (χ0) is 14.4. The summed E-state index contributed by atoms with van der Waals surface area (Å²) in [5.41, 5.74) is -1.04. The zero-order valence-electron chi connectivity index (χ0n) is 13.0. The molecule has 2 rings (SSSR count). The molecule has 3 unspecified atom stereocenters. The van der Waals surface area contributed by atoms with E-state index < -0.39 is 5.60 Å². The Morgan fingerprint density at radius 2 is 1.68 bits per heavy atom. The summed E-state index contributed by atoms with van der Waals surface area (Å²) in [7, 11) is 0. The Kier molecular flexibility index (Phi) is 3.80. The van der Waals surface area contributed by atoms with Gasteiger partial charge in [0.05, 0.1) is 23.7 Å². The van der Waals surface area contributed by atoms with Crippen LogP contribution in [0.5, 0.6) is 0 Å². The molecule has 2 heterocycles. The number of hydrogen-bond acceptors (Lipinski definition) is 4. The molecule has 0 aromatic rings. The molecule has 0 radical (unpaired) electrons. The number of ketones is 1. The van der Waals surface area contributed by atoms with E-state index in [1.807, 2.05) is 27.7 Å². The second kappa shape index (κ2) is 4.83. The Hall–Kier alpha value is -0.450. The lowest BCUT2D eigenvalue weighted by atomic mass is 9.85. The van der Waals surface area contributed by atoms with Gasteiger partial charge in [0.2, 0.25) is 0 Å². The highest BCUT2D eigenvalue weighted by Crippen LogP contribution is 2.39. The second-order valence-electron chi connectivity index (χ2n) is 7.11. The molecule has 0 bridgehead atoms. The molecule has 4 nitrogen and oxygen atoms in total. The molecule has 2 aliphatic heterocycles. The first-order chi connectivity index (χ1) is 8.62. The van der Waals surface area contributed by atoms with Gasteiger partial charge in [0, 0.05) is 19.6 Å². The van der Waals surface area contributed by atoms with E-state index in [1.165, 1.54) is 0 Å². The number of nitrogens with zero attached hydrogens (tertiary/aromatic N) is 1. The highest BCUT2D eigenvalue weighted by Gasteiger charge is 2.53. The molecule has 0 aliphatic carbocycles. The topological polar surface area (TPSA) is 38.8 Å². The molecule has 2 fully saturated rings. The lowest BCUT2D eigenvalue weighted by molar-refractivity contribution is -0.132.